The first kappa shape index (κ1) is 12.4. The van der Waals surface area contributed by atoms with Crippen LogP contribution in [0.5, 0.6) is 5.75 Å². The Labute approximate surface area is 86.6 Å². The van der Waals surface area contributed by atoms with Crippen LogP contribution in [-0.4, -0.2) is 12.1 Å². The molecular formula is C9H5F5O2. The summed E-state index contributed by atoms with van der Waals surface area (Å²) in [6.45, 7) is 0.895. The summed E-state index contributed by atoms with van der Waals surface area (Å²) in [5.74, 6) is -4.76. The number of halogens is 5. The van der Waals surface area contributed by atoms with Crippen molar-refractivity contribution in [2.45, 2.75) is 13.3 Å². The van der Waals surface area contributed by atoms with Gasteiger partial charge in [0.2, 0.25) is 0 Å². The first-order chi connectivity index (χ1) is 7.20. The molecule has 2 nitrogen and oxygen atoms in total. The van der Waals surface area contributed by atoms with Crippen molar-refractivity contribution in [2.24, 2.45) is 0 Å². The summed E-state index contributed by atoms with van der Waals surface area (Å²) in [6, 6.07) is 0.598. The Bertz CT molecular complexity index is 401. The minimum absolute atomic E-state index is 0.299. The molecule has 0 heterocycles. The number of carbonyl (C=O) groups excluding carboxylic acids is 1. The number of Topliss-reactive ketones (excluding diaryl/α,β-unsaturated/α-hetero) is 1. The number of ether oxygens (including phenoxy) is 1. The molecule has 0 fully saturated rings. The minimum Gasteiger partial charge on any atom is -0.406 e. The SMILES string of the molecule is CC(=O)c1c(F)cc(OC(F)(F)F)cc1F. The van der Waals surface area contributed by atoms with Gasteiger partial charge in [0.05, 0.1) is 5.56 Å². The topological polar surface area (TPSA) is 26.3 Å². The van der Waals surface area contributed by atoms with Crippen molar-refractivity contribution in [3.8, 4) is 5.75 Å². The lowest BCUT2D eigenvalue weighted by Crippen LogP contribution is -2.17. The minimum atomic E-state index is -5.05. The molecule has 0 unspecified atom stereocenters. The van der Waals surface area contributed by atoms with Gasteiger partial charge in [-0.25, -0.2) is 8.78 Å². The quantitative estimate of drug-likeness (QED) is 0.586. The average molecular weight is 240 g/mol. The molecular weight excluding hydrogens is 235 g/mol. The molecule has 0 radical (unpaired) electrons. The monoisotopic (exact) mass is 240 g/mol. The molecule has 0 bridgehead atoms. The normalized spacial score (nSPS) is 11.4. The second kappa shape index (κ2) is 4.07. The van der Waals surface area contributed by atoms with E-state index in [0.29, 0.717) is 12.1 Å². The highest BCUT2D eigenvalue weighted by molar-refractivity contribution is 5.94. The largest absolute Gasteiger partial charge is 0.573 e. The molecule has 0 atom stereocenters. The highest BCUT2D eigenvalue weighted by Gasteiger charge is 2.32. The van der Waals surface area contributed by atoms with Crippen molar-refractivity contribution in [3.05, 3.63) is 29.3 Å². The van der Waals surface area contributed by atoms with Gasteiger partial charge in [0.1, 0.15) is 17.4 Å². The number of hydrogen-bond acceptors (Lipinski definition) is 2. The number of ketones is 1. The Hall–Kier alpha value is -1.66. The van der Waals surface area contributed by atoms with Crippen molar-refractivity contribution in [1.82, 2.24) is 0 Å². The summed E-state index contributed by atoms with van der Waals surface area (Å²) in [7, 11) is 0. The van der Waals surface area contributed by atoms with Gasteiger partial charge < -0.3 is 4.74 Å². The van der Waals surface area contributed by atoms with Gasteiger partial charge in [0, 0.05) is 12.1 Å². The summed E-state index contributed by atoms with van der Waals surface area (Å²) < 4.78 is 64.6. The van der Waals surface area contributed by atoms with Crippen molar-refractivity contribution >= 4 is 5.78 Å². The predicted octanol–water partition coefficient (Wildman–Crippen LogP) is 3.07. The molecule has 1 aromatic carbocycles. The van der Waals surface area contributed by atoms with Gasteiger partial charge in [-0.15, -0.1) is 13.2 Å². The van der Waals surface area contributed by atoms with Crippen LogP contribution in [0.1, 0.15) is 17.3 Å². The van der Waals surface area contributed by atoms with Crippen LogP contribution < -0.4 is 4.74 Å². The first-order valence-electron chi connectivity index (χ1n) is 3.96. The van der Waals surface area contributed by atoms with Gasteiger partial charge in [-0.2, -0.15) is 0 Å². The van der Waals surface area contributed by atoms with Crippen LogP contribution in [0.25, 0.3) is 0 Å². The maximum atomic E-state index is 13.0. The van der Waals surface area contributed by atoms with Gasteiger partial charge in [-0.1, -0.05) is 0 Å². The van der Waals surface area contributed by atoms with E-state index in [1.54, 1.807) is 0 Å². The third-order valence-electron chi connectivity index (χ3n) is 1.60. The fraction of sp³-hybridized carbons (Fsp3) is 0.222. The summed E-state index contributed by atoms with van der Waals surface area (Å²) >= 11 is 0. The fourth-order valence-corrected chi connectivity index (χ4v) is 1.08. The number of hydrogen-bond donors (Lipinski definition) is 0. The van der Waals surface area contributed by atoms with Crippen molar-refractivity contribution in [3.63, 3.8) is 0 Å². The van der Waals surface area contributed by atoms with Gasteiger partial charge >= 0.3 is 6.36 Å². The van der Waals surface area contributed by atoms with E-state index < -0.39 is 35.1 Å². The number of carbonyl (C=O) groups is 1. The fourth-order valence-electron chi connectivity index (χ4n) is 1.08. The Balaban J connectivity index is 3.15. The van der Waals surface area contributed by atoms with E-state index in [9.17, 15) is 26.7 Å². The zero-order valence-corrected chi connectivity index (χ0v) is 7.86. The Morgan fingerprint density at radius 2 is 1.62 bits per heavy atom. The molecule has 0 aliphatic heterocycles. The molecule has 0 aliphatic rings. The standard InChI is InChI=1S/C9H5F5O2/c1-4(15)8-6(10)2-5(3-7(8)11)16-9(12,13)14/h2-3H,1H3. The molecule has 0 saturated heterocycles. The van der Waals surface area contributed by atoms with E-state index in [1.165, 1.54) is 0 Å². The average Bonchev–Trinajstić information content (AvgIpc) is 1.96. The third kappa shape index (κ3) is 2.91. The number of rotatable bonds is 2. The molecule has 0 spiro atoms. The Morgan fingerprint density at radius 3 is 1.94 bits per heavy atom. The van der Waals surface area contributed by atoms with Crippen LogP contribution in [0, 0.1) is 11.6 Å². The lowest BCUT2D eigenvalue weighted by atomic mass is 10.1. The maximum absolute atomic E-state index is 13.0. The van der Waals surface area contributed by atoms with Crippen LogP contribution >= 0.6 is 0 Å². The maximum Gasteiger partial charge on any atom is 0.573 e. The zero-order valence-electron chi connectivity index (χ0n) is 7.86. The van der Waals surface area contributed by atoms with E-state index in [2.05, 4.69) is 4.74 Å². The number of benzene rings is 1. The molecule has 88 valence electrons. The lowest BCUT2D eigenvalue weighted by Gasteiger charge is -2.10. The number of alkyl halides is 3. The molecule has 7 heteroatoms. The second-order valence-electron chi connectivity index (χ2n) is 2.87. The Kier molecular flexibility index (Phi) is 3.16. The lowest BCUT2D eigenvalue weighted by molar-refractivity contribution is -0.274. The van der Waals surface area contributed by atoms with Crippen molar-refractivity contribution in [1.29, 1.82) is 0 Å². The van der Waals surface area contributed by atoms with Crippen LogP contribution in [0.2, 0.25) is 0 Å². The van der Waals surface area contributed by atoms with E-state index in [0.717, 1.165) is 6.92 Å². The molecule has 1 aromatic rings. The third-order valence-corrected chi connectivity index (χ3v) is 1.60. The summed E-state index contributed by atoms with van der Waals surface area (Å²) in [4.78, 5) is 10.7. The molecule has 0 aliphatic carbocycles. The molecule has 0 N–H and O–H groups in total. The molecule has 0 saturated carbocycles. The molecule has 0 aromatic heterocycles. The van der Waals surface area contributed by atoms with Crippen LogP contribution in [0.3, 0.4) is 0 Å². The van der Waals surface area contributed by atoms with E-state index in [1.807, 2.05) is 0 Å². The van der Waals surface area contributed by atoms with E-state index >= 15 is 0 Å². The van der Waals surface area contributed by atoms with Crippen molar-refractivity contribution < 1.29 is 31.5 Å². The van der Waals surface area contributed by atoms with Gasteiger partial charge in [-0.3, -0.25) is 4.79 Å². The summed E-state index contributed by atoms with van der Waals surface area (Å²) in [6.07, 6.45) is -5.05. The Morgan fingerprint density at radius 1 is 1.19 bits per heavy atom. The molecule has 1 rings (SSSR count). The van der Waals surface area contributed by atoms with Crippen molar-refractivity contribution in [2.75, 3.05) is 0 Å². The smallest absolute Gasteiger partial charge is 0.406 e. The van der Waals surface area contributed by atoms with Crippen LogP contribution in [0.15, 0.2) is 12.1 Å². The van der Waals surface area contributed by atoms with Gasteiger partial charge in [-0.05, 0) is 6.92 Å². The molecule has 0 amide bonds. The van der Waals surface area contributed by atoms with Crippen LogP contribution in [-0.2, 0) is 0 Å². The second-order valence-corrected chi connectivity index (χ2v) is 2.87. The van der Waals surface area contributed by atoms with Crippen LogP contribution in [0.4, 0.5) is 22.0 Å². The van der Waals surface area contributed by atoms with Gasteiger partial charge in [0.25, 0.3) is 0 Å². The molecule has 16 heavy (non-hydrogen) atoms. The van der Waals surface area contributed by atoms with Gasteiger partial charge in [0.15, 0.2) is 5.78 Å². The predicted molar refractivity (Wildman–Crippen MR) is 43.0 cm³/mol. The summed E-state index contributed by atoms with van der Waals surface area (Å²) in [5, 5.41) is 0. The van der Waals surface area contributed by atoms with E-state index in [-0.39, 0.29) is 0 Å². The highest BCUT2D eigenvalue weighted by Crippen LogP contribution is 2.26. The first-order valence-corrected chi connectivity index (χ1v) is 3.96. The highest BCUT2D eigenvalue weighted by atomic mass is 19.4. The summed E-state index contributed by atoms with van der Waals surface area (Å²) in [5.41, 5.74) is -0.894. The van der Waals surface area contributed by atoms with E-state index in [4.69, 9.17) is 0 Å². The zero-order chi connectivity index (χ0) is 12.5.